The van der Waals surface area contributed by atoms with E-state index in [0.717, 1.165) is 24.4 Å². The second kappa shape index (κ2) is 4.55. The van der Waals surface area contributed by atoms with Crippen LogP contribution in [0.5, 0.6) is 0 Å². The molecule has 1 unspecified atom stereocenters. The highest BCUT2D eigenvalue weighted by atomic mass is 19.1. The third kappa shape index (κ3) is 2.62. The van der Waals surface area contributed by atoms with E-state index in [4.69, 9.17) is 5.73 Å². The minimum Gasteiger partial charge on any atom is -0.319 e. The Bertz CT molecular complexity index is 506. The van der Waals surface area contributed by atoms with Crippen molar-refractivity contribution in [2.24, 2.45) is 5.73 Å². The lowest BCUT2D eigenvalue weighted by Gasteiger charge is -2.11. The molecule has 0 aliphatic rings. The molecule has 5 heteroatoms. The summed E-state index contributed by atoms with van der Waals surface area (Å²) >= 11 is 0. The molecule has 0 spiro atoms. The summed E-state index contributed by atoms with van der Waals surface area (Å²) in [6.07, 6.45) is 1.00. The number of benzene rings is 1. The molecule has 0 aliphatic heterocycles. The van der Waals surface area contributed by atoms with Crippen LogP contribution in [-0.4, -0.2) is 4.98 Å². The summed E-state index contributed by atoms with van der Waals surface area (Å²) in [4.78, 5) is 3.77. The van der Waals surface area contributed by atoms with Crippen molar-refractivity contribution in [3.8, 4) is 0 Å². The number of halogens is 3. The molecular weight excluding hydrogens is 229 g/mol. The van der Waals surface area contributed by atoms with Gasteiger partial charge in [0.05, 0.1) is 17.9 Å². The molecule has 0 radical (unpaired) electrons. The zero-order valence-corrected chi connectivity index (χ0v) is 8.70. The Morgan fingerprint density at radius 1 is 0.941 bits per heavy atom. The molecule has 2 nitrogen and oxygen atoms in total. The fraction of sp³-hybridized carbons (Fsp3) is 0.0833. The average Bonchev–Trinajstić information content (AvgIpc) is 2.28. The summed E-state index contributed by atoms with van der Waals surface area (Å²) in [5.74, 6) is -1.92. The van der Waals surface area contributed by atoms with E-state index >= 15 is 0 Å². The molecule has 0 bridgehead atoms. The molecule has 1 heterocycles. The summed E-state index contributed by atoms with van der Waals surface area (Å²) in [5.41, 5.74) is 6.38. The van der Waals surface area contributed by atoms with Crippen molar-refractivity contribution >= 4 is 0 Å². The molecule has 88 valence electrons. The van der Waals surface area contributed by atoms with Crippen LogP contribution in [-0.2, 0) is 0 Å². The highest BCUT2D eigenvalue weighted by Crippen LogP contribution is 2.19. The van der Waals surface area contributed by atoms with Crippen molar-refractivity contribution in [2.75, 3.05) is 0 Å². The van der Waals surface area contributed by atoms with Crippen molar-refractivity contribution < 1.29 is 13.2 Å². The fourth-order valence-corrected chi connectivity index (χ4v) is 1.50. The van der Waals surface area contributed by atoms with Crippen molar-refractivity contribution in [1.29, 1.82) is 0 Å². The van der Waals surface area contributed by atoms with Crippen LogP contribution < -0.4 is 5.73 Å². The van der Waals surface area contributed by atoms with Crippen LogP contribution in [0.3, 0.4) is 0 Å². The van der Waals surface area contributed by atoms with E-state index in [0.29, 0.717) is 5.69 Å². The Kier molecular flexibility index (Phi) is 3.10. The predicted molar refractivity (Wildman–Crippen MR) is 56.6 cm³/mol. The third-order valence-electron chi connectivity index (χ3n) is 2.31. The molecule has 1 atom stereocenters. The zero-order valence-electron chi connectivity index (χ0n) is 8.70. The molecule has 0 aliphatic carbocycles. The number of rotatable bonds is 2. The van der Waals surface area contributed by atoms with Crippen LogP contribution in [0, 0.1) is 17.5 Å². The first kappa shape index (κ1) is 11.6. The van der Waals surface area contributed by atoms with Gasteiger partial charge in [0.1, 0.15) is 17.5 Å². The first-order valence-corrected chi connectivity index (χ1v) is 4.89. The van der Waals surface area contributed by atoms with Gasteiger partial charge in [-0.1, -0.05) is 0 Å². The summed E-state index contributed by atoms with van der Waals surface area (Å²) in [5, 5.41) is 0. The van der Waals surface area contributed by atoms with E-state index in [1.165, 1.54) is 12.1 Å². The van der Waals surface area contributed by atoms with Crippen LogP contribution in [0.25, 0.3) is 0 Å². The summed E-state index contributed by atoms with van der Waals surface area (Å²) < 4.78 is 38.6. The molecule has 1 aromatic heterocycles. The van der Waals surface area contributed by atoms with Crippen LogP contribution in [0.2, 0.25) is 0 Å². The van der Waals surface area contributed by atoms with Crippen molar-refractivity contribution in [2.45, 2.75) is 6.04 Å². The smallest absolute Gasteiger partial charge is 0.141 e. The van der Waals surface area contributed by atoms with E-state index < -0.39 is 23.5 Å². The maximum Gasteiger partial charge on any atom is 0.141 e. The minimum absolute atomic E-state index is 0.251. The molecule has 2 rings (SSSR count). The largest absolute Gasteiger partial charge is 0.319 e. The lowest BCUT2D eigenvalue weighted by Crippen LogP contribution is -2.14. The van der Waals surface area contributed by atoms with Gasteiger partial charge in [0.15, 0.2) is 0 Å². The molecule has 0 amide bonds. The SMILES string of the molecule is NC(c1cc(F)cc(F)c1)c1ccc(F)cn1. The Labute approximate surface area is 95.9 Å². The van der Waals surface area contributed by atoms with Crippen molar-refractivity contribution in [3.05, 3.63) is 65.2 Å². The first-order chi connectivity index (χ1) is 8.06. The minimum atomic E-state index is -0.791. The van der Waals surface area contributed by atoms with Crippen LogP contribution in [0.1, 0.15) is 17.3 Å². The lowest BCUT2D eigenvalue weighted by atomic mass is 10.0. The second-order valence-corrected chi connectivity index (χ2v) is 3.58. The lowest BCUT2D eigenvalue weighted by molar-refractivity contribution is 0.576. The third-order valence-corrected chi connectivity index (χ3v) is 2.31. The van der Waals surface area contributed by atoms with Gasteiger partial charge in [-0.2, -0.15) is 0 Å². The molecule has 2 aromatic rings. The van der Waals surface area contributed by atoms with Crippen LogP contribution >= 0.6 is 0 Å². The molecule has 1 aromatic carbocycles. The van der Waals surface area contributed by atoms with Gasteiger partial charge in [-0.15, -0.1) is 0 Å². The normalized spacial score (nSPS) is 12.5. The summed E-state index contributed by atoms with van der Waals surface area (Å²) in [7, 11) is 0. The van der Waals surface area contributed by atoms with Gasteiger partial charge in [-0.3, -0.25) is 4.98 Å². The number of hydrogen-bond acceptors (Lipinski definition) is 2. The average molecular weight is 238 g/mol. The Hall–Kier alpha value is -1.88. The molecule has 17 heavy (non-hydrogen) atoms. The molecular formula is C12H9F3N2. The number of hydrogen-bond donors (Lipinski definition) is 1. The van der Waals surface area contributed by atoms with E-state index in [-0.39, 0.29) is 5.56 Å². The molecule has 0 saturated carbocycles. The number of aromatic nitrogens is 1. The standard InChI is InChI=1S/C12H9F3N2/c13-8-1-2-11(17-6-8)12(16)7-3-9(14)5-10(15)4-7/h1-6,12H,16H2. The monoisotopic (exact) mass is 238 g/mol. The van der Waals surface area contributed by atoms with Gasteiger partial charge in [-0.05, 0) is 29.8 Å². The van der Waals surface area contributed by atoms with E-state index in [1.54, 1.807) is 0 Å². The van der Waals surface area contributed by atoms with E-state index in [2.05, 4.69) is 4.98 Å². The van der Waals surface area contributed by atoms with Gasteiger partial charge < -0.3 is 5.73 Å². The van der Waals surface area contributed by atoms with Crippen molar-refractivity contribution in [3.63, 3.8) is 0 Å². The maximum absolute atomic E-state index is 13.0. The molecule has 0 fully saturated rings. The van der Waals surface area contributed by atoms with Crippen LogP contribution in [0.15, 0.2) is 36.5 Å². The maximum atomic E-state index is 13.0. The van der Waals surface area contributed by atoms with Gasteiger partial charge in [0.2, 0.25) is 0 Å². The number of pyridine rings is 1. The quantitative estimate of drug-likeness (QED) is 0.873. The Balaban J connectivity index is 2.36. The second-order valence-electron chi connectivity index (χ2n) is 3.58. The van der Waals surface area contributed by atoms with Gasteiger partial charge in [-0.25, -0.2) is 13.2 Å². The van der Waals surface area contributed by atoms with E-state index in [9.17, 15) is 13.2 Å². The topological polar surface area (TPSA) is 38.9 Å². The fourth-order valence-electron chi connectivity index (χ4n) is 1.50. The number of nitrogens with zero attached hydrogens (tertiary/aromatic N) is 1. The van der Waals surface area contributed by atoms with Gasteiger partial charge in [0.25, 0.3) is 0 Å². The van der Waals surface area contributed by atoms with Crippen LogP contribution in [0.4, 0.5) is 13.2 Å². The van der Waals surface area contributed by atoms with E-state index in [1.807, 2.05) is 0 Å². The summed E-state index contributed by atoms with van der Waals surface area (Å²) in [6.45, 7) is 0. The first-order valence-electron chi connectivity index (χ1n) is 4.89. The highest BCUT2D eigenvalue weighted by molar-refractivity contribution is 5.28. The number of nitrogens with two attached hydrogens (primary N) is 1. The molecule has 0 saturated heterocycles. The van der Waals surface area contributed by atoms with Crippen molar-refractivity contribution in [1.82, 2.24) is 4.98 Å². The summed E-state index contributed by atoms with van der Waals surface area (Å²) in [6, 6.07) is 4.79. The Morgan fingerprint density at radius 2 is 1.59 bits per heavy atom. The highest BCUT2D eigenvalue weighted by Gasteiger charge is 2.12. The van der Waals surface area contributed by atoms with Gasteiger partial charge in [0, 0.05) is 6.07 Å². The predicted octanol–water partition coefficient (Wildman–Crippen LogP) is 2.55. The van der Waals surface area contributed by atoms with Gasteiger partial charge >= 0.3 is 0 Å². The molecule has 2 N–H and O–H groups in total. The zero-order chi connectivity index (χ0) is 12.4. The Morgan fingerprint density at radius 3 is 2.12 bits per heavy atom.